The van der Waals surface area contributed by atoms with E-state index in [2.05, 4.69) is 0 Å². The number of hydrogen-bond acceptors (Lipinski definition) is 1. The normalized spacial score (nSPS) is 18.1. The molecule has 0 aliphatic heterocycles. The van der Waals surface area contributed by atoms with Crippen LogP contribution in [0.2, 0.25) is 0 Å². The molecule has 0 radical (unpaired) electrons. The lowest BCUT2D eigenvalue weighted by atomic mass is 10.0. The Kier molecular flexibility index (Phi) is 4.45. The summed E-state index contributed by atoms with van der Waals surface area (Å²) in [6.45, 7) is 4.01. The van der Waals surface area contributed by atoms with Gasteiger partial charge in [0.2, 0.25) is 5.91 Å². The van der Waals surface area contributed by atoms with E-state index < -0.39 is 0 Å². The summed E-state index contributed by atoms with van der Waals surface area (Å²) in [6.07, 6.45) is 5.74. The van der Waals surface area contributed by atoms with Gasteiger partial charge in [0.15, 0.2) is 0 Å². The van der Waals surface area contributed by atoms with Crippen molar-refractivity contribution in [2.75, 3.05) is 12.9 Å². The average molecular weight is 232 g/mol. The fourth-order valence-corrected chi connectivity index (χ4v) is 2.20. The lowest BCUT2D eigenvalue weighted by molar-refractivity contribution is -0.134. The van der Waals surface area contributed by atoms with Gasteiger partial charge in [-0.3, -0.25) is 4.79 Å². The summed E-state index contributed by atoms with van der Waals surface area (Å²) < 4.78 is 0. The van der Waals surface area contributed by atoms with Crippen molar-refractivity contribution < 1.29 is 4.79 Å². The Balaban J connectivity index is 2.45. The van der Waals surface area contributed by atoms with Crippen molar-refractivity contribution >= 4 is 17.5 Å². The summed E-state index contributed by atoms with van der Waals surface area (Å²) in [4.78, 5) is 13.8. The van der Waals surface area contributed by atoms with Crippen molar-refractivity contribution in [1.82, 2.24) is 4.90 Å². The molecule has 0 aromatic rings. The van der Waals surface area contributed by atoms with Crippen molar-refractivity contribution in [3.8, 4) is 0 Å². The van der Waals surface area contributed by atoms with Crippen LogP contribution in [0.3, 0.4) is 0 Å². The molecule has 0 aromatic heterocycles. The zero-order valence-corrected chi connectivity index (χ0v) is 10.8. The second-order valence-electron chi connectivity index (χ2n) is 5.25. The highest BCUT2D eigenvalue weighted by atomic mass is 35.5. The van der Waals surface area contributed by atoms with E-state index in [1.165, 1.54) is 25.7 Å². The lowest BCUT2D eigenvalue weighted by Crippen LogP contribution is -2.46. The minimum Gasteiger partial charge on any atom is -0.339 e. The Bertz CT molecular complexity index is 222. The third-order valence-corrected chi connectivity index (χ3v) is 4.20. The van der Waals surface area contributed by atoms with E-state index in [0.29, 0.717) is 18.2 Å². The van der Waals surface area contributed by atoms with Crippen molar-refractivity contribution in [2.45, 2.75) is 51.5 Å². The molecule has 0 unspecified atom stereocenters. The number of amides is 1. The molecule has 0 N–H and O–H groups in total. The SMILES string of the molecule is CN(C(=O)CC1CCCC1)C(C)(C)CCl. The highest BCUT2D eigenvalue weighted by Crippen LogP contribution is 2.29. The van der Waals surface area contributed by atoms with Gasteiger partial charge in [0.1, 0.15) is 0 Å². The predicted octanol–water partition coefficient (Wildman–Crippen LogP) is 3.04. The van der Waals surface area contributed by atoms with Gasteiger partial charge in [-0.15, -0.1) is 11.6 Å². The van der Waals surface area contributed by atoms with Gasteiger partial charge < -0.3 is 4.90 Å². The Hall–Kier alpha value is -0.240. The fourth-order valence-electron chi connectivity index (χ4n) is 2.03. The molecule has 2 nitrogen and oxygen atoms in total. The Morgan fingerprint density at radius 1 is 1.40 bits per heavy atom. The summed E-state index contributed by atoms with van der Waals surface area (Å²) in [5.41, 5.74) is -0.225. The van der Waals surface area contributed by atoms with Gasteiger partial charge in [0, 0.05) is 19.3 Å². The zero-order valence-electron chi connectivity index (χ0n) is 10.1. The average Bonchev–Trinajstić information content (AvgIpc) is 2.69. The van der Waals surface area contributed by atoms with Crippen LogP contribution in [0.1, 0.15) is 46.0 Å². The summed E-state index contributed by atoms with van der Waals surface area (Å²) in [5, 5.41) is 0. The molecule has 1 aliphatic rings. The first-order valence-electron chi connectivity index (χ1n) is 5.80. The molecule has 1 aliphatic carbocycles. The van der Waals surface area contributed by atoms with Crippen LogP contribution in [0, 0.1) is 5.92 Å². The standard InChI is InChI=1S/C12H22ClNO/c1-12(2,9-13)14(3)11(15)8-10-6-4-5-7-10/h10H,4-9H2,1-3H3. The molecule has 0 bridgehead atoms. The maximum absolute atomic E-state index is 12.0. The van der Waals surface area contributed by atoms with Gasteiger partial charge >= 0.3 is 0 Å². The second kappa shape index (κ2) is 5.20. The number of alkyl halides is 1. The topological polar surface area (TPSA) is 20.3 Å². The maximum atomic E-state index is 12.0. The molecule has 3 heteroatoms. The fraction of sp³-hybridized carbons (Fsp3) is 0.917. The quantitative estimate of drug-likeness (QED) is 0.681. The summed E-state index contributed by atoms with van der Waals surface area (Å²) in [6, 6.07) is 0. The molecular weight excluding hydrogens is 210 g/mol. The molecule has 0 aromatic carbocycles. The third-order valence-electron chi connectivity index (χ3n) is 3.55. The van der Waals surface area contributed by atoms with E-state index in [4.69, 9.17) is 11.6 Å². The van der Waals surface area contributed by atoms with Gasteiger partial charge in [-0.1, -0.05) is 12.8 Å². The molecule has 1 saturated carbocycles. The van der Waals surface area contributed by atoms with Crippen LogP contribution < -0.4 is 0 Å². The number of hydrogen-bond donors (Lipinski definition) is 0. The van der Waals surface area contributed by atoms with Crippen LogP contribution in [-0.2, 0) is 4.79 Å². The molecule has 0 atom stereocenters. The van der Waals surface area contributed by atoms with Gasteiger partial charge in [0.05, 0.1) is 5.54 Å². The largest absolute Gasteiger partial charge is 0.339 e. The van der Waals surface area contributed by atoms with Gasteiger partial charge in [-0.25, -0.2) is 0 Å². The lowest BCUT2D eigenvalue weighted by Gasteiger charge is -2.34. The van der Waals surface area contributed by atoms with E-state index in [9.17, 15) is 4.79 Å². The van der Waals surface area contributed by atoms with Gasteiger partial charge in [-0.05, 0) is 32.6 Å². The van der Waals surface area contributed by atoms with E-state index in [1.54, 1.807) is 4.90 Å². The third kappa shape index (κ3) is 3.37. The smallest absolute Gasteiger partial charge is 0.223 e. The Labute approximate surface area is 98.0 Å². The molecule has 0 heterocycles. The van der Waals surface area contributed by atoms with E-state index in [1.807, 2.05) is 20.9 Å². The molecule has 1 fully saturated rings. The first kappa shape index (κ1) is 12.8. The number of nitrogens with zero attached hydrogens (tertiary/aromatic N) is 1. The van der Waals surface area contributed by atoms with Crippen LogP contribution in [-0.4, -0.2) is 29.3 Å². The van der Waals surface area contributed by atoms with E-state index >= 15 is 0 Å². The first-order chi connectivity index (χ1) is 6.97. The second-order valence-corrected chi connectivity index (χ2v) is 5.52. The minimum atomic E-state index is -0.225. The van der Waals surface area contributed by atoms with Crippen molar-refractivity contribution in [1.29, 1.82) is 0 Å². The highest BCUT2D eigenvalue weighted by Gasteiger charge is 2.28. The van der Waals surface area contributed by atoms with Gasteiger partial charge in [0.25, 0.3) is 0 Å². The van der Waals surface area contributed by atoms with Crippen LogP contribution >= 0.6 is 11.6 Å². The Morgan fingerprint density at radius 2 is 1.93 bits per heavy atom. The number of carbonyl (C=O) groups is 1. The van der Waals surface area contributed by atoms with Crippen LogP contribution in [0.25, 0.3) is 0 Å². The van der Waals surface area contributed by atoms with E-state index in [0.717, 1.165) is 0 Å². The van der Waals surface area contributed by atoms with Crippen LogP contribution in [0.5, 0.6) is 0 Å². The summed E-state index contributed by atoms with van der Waals surface area (Å²) in [5.74, 6) is 1.35. The van der Waals surface area contributed by atoms with Crippen LogP contribution in [0.15, 0.2) is 0 Å². The zero-order chi connectivity index (χ0) is 11.5. The minimum absolute atomic E-state index is 0.225. The molecule has 15 heavy (non-hydrogen) atoms. The summed E-state index contributed by atoms with van der Waals surface area (Å²) in [7, 11) is 1.86. The molecule has 0 spiro atoms. The molecule has 1 rings (SSSR count). The number of carbonyl (C=O) groups excluding carboxylic acids is 1. The van der Waals surface area contributed by atoms with Crippen LogP contribution in [0.4, 0.5) is 0 Å². The predicted molar refractivity (Wildman–Crippen MR) is 64.1 cm³/mol. The molecular formula is C12H22ClNO. The van der Waals surface area contributed by atoms with Crippen molar-refractivity contribution in [3.05, 3.63) is 0 Å². The summed E-state index contributed by atoms with van der Waals surface area (Å²) >= 11 is 5.85. The molecule has 88 valence electrons. The highest BCUT2D eigenvalue weighted by molar-refractivity contribution is 6.18. The first-order valence-corrected chi connectivity index (χ1v) is 6.33. The monoisotopic (exact) mass is 231 g/mol. The maximum Gasteiger partial charge on any atom is 0.223 e. The molecule has 1 amide bonds. The Morgan fingerprint density at radius 3 is 2.40 bits per heavy atom. The van der Waals surface area contributed by atoms with E-state index in [-0.39, 0.29) is 11.4 Å². The van der Waals surface area contributed by atoms with Gasteiger partial charge in [-0.2, -0.15) is 0 Å². The molecule has 0 saturated heterocycles. The number of halogens is 1. The number of rotatable bonds is 4. The van der Waals surface area contributed by atoms with Crippen molar-refractivity contribution in [3.63, 3.8) is 0 Å². The van der Waals surface area contributed by atoms with Crippen molar-refractivity contribution in [2.24, 2.45) is 5.92 Å².